The molecular formula is C19H18N2O5. The fourth-order valence-electron chi connectivity index (χ4n) is 2.32. The van der Waals surface area contributed by atoms with E-state index in [1.165, 1.54) is 0 Å². The van der Waals surface area contributed by atoms with Gasteiger partial charge >= 0.3 is 0 Å². The number of carbonyl (C=O) groups excluding carboxylic acids is 1. The van der Waals surface area contributed by atoms with Gasteiger partial charge in [-0.15, -0.1) is 0 Å². The van der Waals surface area contributed by atoms with Crippen LogP contribution in [0.5, 0.6) is 17.2 Å². The van der Waals surface area contributed by atoms with Gasteiger partial charge in [-0.2, -0.15) is 4.98 Å². The number of ether oxygens (including phenoxy) is 3. The maximum absolute atomic E-state index is 10.9. The van der Waals surface area contributed by atoms with E-state index < -0.39 is 0 Å². The first-order valence-electron chi connectivity index (χ1n) is 8.05. The summed E-state index contributed by atoms with van der Waals surface area (Å²) in [5, 5.41) is 3.96. The predicted molar refractivity (Wildman–Crippen MR) is 93.6 cm³/mol. The van der Waals surface area contributed by atoms with Crippen molar-refractivity contribution < 1.29 is 23.5 Å². The Labute approximate surface area is 150 Å². The molecule has 0 spiro atoms. The summed E-state index contributed by atoms with van der Waals surface area (Å²) in [7, 11) is 1.60. The third-order valence-corrected chi connectivity index (χ3v) is 3.55. The molecule has 1 heterocycles. The van der Waals surface area contributed by atoms with E-state index in [0.29, 0.717) is 41.1 Å². The van der Waals surface area contributed by atoms with Gasteiger partial charge in [0.05, 0.1) is 13.7 Å². The minimum absolute atomic E-state index is 0.0808. The summed E-state index contributed by atoms with van der Waals surface area (Å²) >= 11 is 0. The molecule has 0 amide bonds. The average molecular weight is 354 g/mol. The van der Waals surface area contributed by atoms with Crippen molar-refractivity contribution in [1.29, 1.82) is 0 Å². The van der Waals surface area contributed by atoms with Gasteiger partial charge in [-0.1, -0.05) is 17.3 Å². The molecule has 134 valence electrons. The topological polar surface area (TPSA) is 83.7 Å². The lowest BCUT2D eigenvalue weighted by atomic mass is 10.2. The number of aromatic nitrogens is 2. The predicted octanol–water partition coefficient (Wildman–Crippen LogP) is 3.54. The monoisotopic (exact) mass is 354 g/mol. The highest BCUT2D eigenvalue weighted by Gasteiger charge is 2.12. The SMILES string of the molecule is CCOc1cc(C=O)ccc1OCc1nc(-c2cccc(OC)c2)no1. The molecule has 0 bridgehead atoms. The van der Waals surface area contributed by atoms with Crippen molar-refractivity contribution >= 4 is 6.29 Å². The summed E-state index contributed by atoms with van der Waals surface area (Å²) in [6, 6.07) is 12.3. The Bertz CT molecular complexity index is 891. The number of aldehydes is 1. The zero-order chi connectivity index (χ0) is 18.4. The highest BCUT2D eigenvalue weighted by atomic mass is 16.5. The Morgan fingerprint density at radius 2 is 2.00 bits per heavy atom. The summed E-state index contributed by atoms with van der Waals surface area (Å²) in [6.07, 6.45) is 0.755. The van der Waals surface area contributed by atoms with Crippen molar-refractivity contribution in [3.8, 4) is 28.6 Å². The molecule has 0 unspecified atom stereocenters. The highest BCUT2D eigenvalue weighted by Crippen LogP contribution is 2.29. The van der Waals surface area contributed by atoms with Crippen molar-refractivity contribution in [2.45, 2.75) is 13.5 Å². The summed E-state index contributed by atoms with van der Waals surface area (Å²) < 4.78 is 21.6. The van der Waals surface area contributed by atoms with Gasteiger partial charge < -0.3 is 18.7 Å². The first kappa shape index (κ1) is 17.5. The summed E-state index contributed by atoms with van der Waals surface area (Å²) in [5.74, 6) is 2.47. The van der Waals surface area contributed by atoms with Crippen molar-refractivity contribution in [2.24, 2.45) is 0 Å². The Morgan fingerprint density at radius 1 is 1.12 bits per heavy atom. The van der Waals surface area contributed by atoms with Crippen LogP contribution in [0.2, 0.25) is 0 Å². The first-order valence-corrected chi connectivity index (χ1v) is 8.05. The van der Waals surface area contributed by atoms with Crippen LogP contribution in [0.4, 0.5) is 0 Å². The Hall–Kier alpha value is -3.35. The Morgan fingerprint density at radius 3 is 2.77 bits per heavy atom. The van der Waals surface area contributed by atoms with E-state index in [1.807, 2.05) is 31.2 Å². The minimum atomic E-state index is 0.0808. The molecule has 7 nitrogen and oxygen atoms in total. The Kier molecular flexibility index (Phi) is 5.48. The van der Waals surface area contributed by atoms with Crippen molar-refractivity contribution in [2.75, 3.05) is 13.7 Å². The lowest BCUT2D eigenvalue weighted by Crippen LogP contribution is -2.00. The van der Waals surface area contributed by atoms with E-state index in [1.54, 1.807) is 25.3 Å². The maximum atomic E-state index is 10.9. The normalized spacial score (nSPS) is 10.4. The fraction of sp³-hybridized carbons (Fsp3) is 0.211. The van der Waals surface area contributed by atoms with Crippen LogP contribution >= 0.6 is 0 Å². The average Bonchev–Trinajstić information content (AvgIpc) is 3.16. The summed E-state index contributed by atoms with van der Waals surface area (Å²) in [6.45, 7) is 2.40. The number of hydrogen-bond acceptors (Lipinski definition) is 7. The number of rotatable bonds is 8. The van der Waals surface area contributed by atoms with Crippen LogP contribution in [0.1, 0.15) is 23.2 Å². The van der Waals surface area contributed by atoms with Gasteiger partial charge in [-0.3, -0.25) is 4.79 Å². The standard InChI is InChI=1S/C19H18N2O5/c1-3-24-17-9-13(11-22)7-8-16(17)25-12-18-20-19(21-26-18)14-5-4-6-15(10-14)23-2/h4-11H,3,12H2,1-2H3. The molecule has 0 saturated carbocycles. The third-order valence-electron chi connectivity index (χ3n) is 3.55. The zero-order valence-corrected chi connectivity index (χ0v) is 14.5. The highest BCUT2D eigenvalue weighted by molar-refractivity contribution is 5.76. The zero-order valence-electron chi connectivity index (χ0n) is 14.5. The fourth-order valence-corrected chi connectivity index (χ4v) is 2.32. The van der Waals surface area contributed by atoms with Crippen LogP contribution in [0.3, 0.4) is 0 Å². The molecule has 3 aromatic rings. The molecule has 0 aliphatic rings. The molecule has 1 aromatic heterocycles. The van der Waals surface area contributed by atoms with Gasteiger partial charge in [0.2, 0.25) is 5.82 Å². The second-order valence-electron chi connectivity index (χ2n) is 5.29. The number of nitrogens with zero attached hydrogens (tertiary/aromatic N) is 2. The quantitative estimate of drug-likeness (QED) is 0.572. The van der Waals surface area contributed by atoms with E-state index in [2.05, 4.69) is 10.1 Å². The molecule has 0 atom stereocenters. The second-order valence-corrected chi connectivity index (χ2v) is 5.29. The van der Waals surface area contributed by atoms with Gasteiger partial charge in [-0.05, 0) is 37.3 Å². The van der Waals surface area contributed by atoms with Gasteiger partial charge in [0.15, 0.2) is 18.1 Å². The lowest BCUT2D eigenvalue weighted by molar-refractivity contribution is 0.112. The molecule has 0 radical (unpaired) electrons. The number of hydrogen-bond donors (Lipinski definition) is 0. The van der Waals surface area contributed by atoms with Gasteiger partial charge in [0, 0.05) is 11.1 Å². The summed E-state index contributed by atoms with van der Waals surface area (Å²) in [5.41, 5.74) is 1.29. The minimum Gasteiger partial charge on any atom is -0.497 e. The van der Waals surface area contributed by atoms with Crippen molar-refractivity contribution in [3.05, 3.63) is 53.9 Å². The maximum Gasteiger partial charge on any atom is 0.264 e. The smallest absolute Gasteiger partial charge is 0.264 e. The number of benzene rings is 2. The molecular weight excluding hydrogens is 336 g/mol. The van der Waals surface area contributed by atoms with E-state index in [-0.39, 0.29) is 6.61 Å². The van der Waals surface area contributed by atoms with Gasteiger partial charge in [-0.25, -0.2) is 0 Å². The molecule has 0 saturated heterocycles. The largest absolute Gasteiger partial charge is 0.497 e. The van der Waals surface area contributed by atoms with E-state index in [4.69, 9.17) is 18.7 Å². The molecule has 2 aromatic carbocycles. The summed E-state index contributed by atoms with van der Waals surface area (Å²) in [4.78, 5) is 15.2. The molecule has 26 heavy (non-hydrogen) atoms. The van der Waals surface area contributed by atoms with Gasteiger partial charge in [0.1, 0.15) is 12.0 Å². The van der Waals surface area contributed by atoms with Crippen LogP contribution in [0.25, 0.3) is 11.4 Å². The van der Waals surface area contributed by atoms with Crippen LogP contribution in [0.15, 0.2) is 47.0 Å². The van der Waals surface area contributed by atoms with Crippen molar-refractivity contribution in [1.82, 2.24) is 10.1 Å². The van der Waals surface area contributed by atoms with E-state index in [0.717, 1.165) is 11.8 Å². The third kappa shape index (κ3) is 4.00. The van der Waals surface area contributed by atoms with Crippen LogP contribution < -0.4 is 14.2 Å². The molecule has 7 heteroatoms. The second kappa shape index (κ2) is 8.15. The molecule has 0 aliphatic carbocycles. The van der Waals surface area contributed by atoms with Crippen molar-refractivity contribution in [3.63, 3.8) is 0 Å². The van der Waals surface area contributed by atoms with E-state index >= 15 is 0 Å². The lowest BCUT2D eigenvalue weighted by Gasteiger charge is -2.10. The van der Waals surface area contributed by atoms with Crippen LogP contribution in [-0.2, 0) is 6.61 Å². The van der Waals surface area contributed by atoms with E-state index in [9.17, 15) is 4.79 Å². The first-order chi connectivity index (χ1) is 12.7. The Balaban J connectivity index is 1.73. The van der Waals surface area contributed by atoms with Crippen LogP contribution in [0, 0.1) is 0 Å². The number of methoxy groups -OCH3 is 1. The molecule has 3 rings (SSSR count). The molecule has 0 aliphatic heterocycles. The number of carbonyl (C=O) groups is 1. The molecule has 0 N–H and O–H groups in total. The van der Waals surface area contributed by atoms with Gasteiger partial charge in [0.25, 0.3) is 5.89 Å². The van der Waals surface area contributed by atoms with Crippen LogP contribution in [-0.4, -0.2) is 30.1 Å². The molecule has 0 fully saturated rings.